The van der Waals surface area contributed by atoms with Crippen LogP contribution >= 0.6 is 11.8 Å². The number of nitrogens with one attached hydrogen (secondary N) is 2. The second-order valence-electron chi connectivity index (χ2n) is 16.9. The van der Waals surface area contributed by atoms with Gasteiger partial charge >= 0.3 is 0 Å². The highest BCUT2D eigenvalue weighted by molar-refractivity contribution is 7.99. The summed E-state index contributed by atoms with van der Waals surface area (Å²) in [7, 11) is 0. The minimum absolute atomic E-state index is 0.0383. The third kappa shape index (κ3) is 12.5. The topological polar surface area (TPSA) is 161 Å². The highest BCUT2D eigenvalue weighted by atomic mass is 32.2. The number of benzene rings is 1. The molecule has 14 nitrogen and oxygen atoms in total. The first-order chi connectivity index (χ1) is 30.3. The molecule has 5 amide bonds. The quantitative estimate of drug-likeness (QED) is 0.0617. The Labute approximate surface area is 369 Å². The molecule has 0 spiro atoms. The minimum Gasteiger partial charge on any atom is -0.353 e. The van der Waals surface area contributed by atoms with Gasteiger partial charge in [-0.15, -0.1) is 22.0 Å². The first-order valence-corrected chi connectivity index (χ1v) is 23.7. The molecule has 2 N–H and O–H groups in total. The summed E-state index contributed by atoms with van der Waals surface area (Å²) in [5.74, 6) is 1.53. The van der Waals surface area contributed by atoms with Crippen LogP contribution in [-0.2, 0) is 20.9 Å². The number of hydrogen-bond acceptors (Lipinski definition) is 11. The van der Waals surface area contributed by atoms with Crippen molar-refractivity contribution in [2.45, 2.75) is 101 Å². The minimum atomic E-state index is -0.584. The lowest BCUT2D eigenvalue weighted by atomic mass is 9.91. The molecule has 62 heavy (non-hydrogen) atoms. The van der Waals surface area contributed by atoms with E-state index in [9.17, 15) is 24.0 Å². The number of rotatable bonds is 20. The normalized spacial score (nSPS) is 18.7. The fourth-order valence-electron chi connectivity index (χ4n) is 8.89. The molecular formula is C47H61N9O5S. The van der Waals surface area contributed by atoms with Crippen LogP contribution in [0.15, 0.2) is 65.8 Å². The first kappa shape index (κ1) is 44.9. The van der Waals surface area contributed by atoms with Gasteiger partial charge in [-0.05, 0) is 104 Å². The Kier molecular flexibility index (Phi) is 16.5. The van der Waals surface area contributed by atoms with Gasteiger partial charge in [-0.1, -0.05) is 50.7 Å². The van der Waals surface area contributed by atoms with E-state index in [1.165, 1.54) is 32.1 Å². The van der Waals surface area contributed by atoms with E-state index in [1.807, 2.05) is 41.3 Å². The first-order valence-electron chi connectivity index (χ1n) is 22.7. The van der Waals surface area contributed by atoms with Gasteiger partial charge in [0.25, 0.3) is 11.8 Å². The van der Waals surface area contributed by atoms with Crippen LogP contribution in [0, 0.1) is 5.92 Å². The molecule has 4 aliphatic heterocycles. The second-order valence-corrected chi connectivity index (χ2v) is 18.0. The summed E-state index contributed by atoms with van der Waals surface area (Å²) in [6.07, 6.45) is 19.6. The third-order valence-corrected chi connectivity index (χ3v) is 13.8. The van der Waals surface area contributed by atoms with Crippen LogP contribution < -0.4 is 15.5 Å². The van der Waals surface area contributed by atoms with E-state index in [-0.39, 0.29) is 36.0 Å². The molecule has 4 aliphatic rings. The Hall–Kier alpha value is -5.15. The Morgan fingerprint density at radius 1 is 0.839 bits per heavy atom. The molecule has 0 radical (unpaired) electrons. The molecule has 2 aromatic heterocycles. The fourth-order valence-corrected chi connectivity index (χ4v) is 9.98. The maximum Gasteiger partial charge on any atom is 0.274 e. The summed E-state index contributed by atoms with van der Waals surface area (Å²) >= 11 is 1.80. The van der Waals surface area contributed by atoms with Gasteiger partial charge in [0.1, 0.15) is 6.04 Å². The van der Waals surface area contributed by atoms with Crippen LogP contribution in [0.2, 0.25) is 0 Å². The number of piperidine rings is 2. The molecule has 1 aromatic carbocycles. The van der Waals surface area contributed by atoms with Crippen LogP contribution in [0.3, 0.4) is 0 Å². The zero-order valence-corrected chi connectivity index (χ0v) is 36.7. The smallest absolute Gasteiger partial charge is 0.274 e. The van der Waals surface area contributed by atoms with Crippen LogP contribution in [-0.4, -0.2) is 124 Å². The van der Waals surface area contributed by atoms with Crippen LogP contribution in [0.1, 0.15) is 115 Å². The highest BCUT2D eigenvalue weighted by Gasteiger charge is 2.40. The number of thioether (sulfide) groups is 1. The Morgan fingerprint density at radius 2 is 1.65 bits per heavy atom. The zero-order chi connectivity index (χ0) is 43.1. The van der Waals surface area contributed by atoms with Crippen LogP contribution in [0.5, 0.6) is 0 Å². The monoisotopic (exact) mass is 863 g/mol. The van der Waals surface area contributed by atoms with Gasteiger partial charge in [-0.25, -0.2) is 0 Å². The predicted octanol–water partition coefficient (Wildman–Crippen LogP) is 5.74. The number of fused-ring (bicyclic) bond motifs is 1. The number of imide groups is 1. The largest absolute Gasteiger partial charge is 0.353 e. The highest BCUT2D eigenvalue weighted by Crippen LogP contribution is 2.35. The van der Waals surface area contributed by atoms with Crippen molar-refractivity contribution in [2.75, 3.05) is 63.0 Å². The van der Waals surface area contributed by atoms with E-state index in [0.29, 0.717) is 36.7 Å². The van der Waals surface area contributed by atoms with E-state index in [1.54, 1.807) is 41.2 Å². The Balaban J connectivity index is 0.700. The van der Waals surface area contributed by atoms with E-state index in [0.717, 1.165) is 112 Å². The number of amides is 5. The molecule has 0 bridgehead atoms. The maximum atomic E-state index is 13.2. The molecule has 1 unspecified atom stereocenters. The van der Waals surface area contributed by atoms with Crippen molar-refractivity contribution in [1.82, 2.24) is 40.5 Å². The Bertz CT molecular complexity index is 2020. The number of pyridine rings is 1. The Morgan fingerprint density at radius 3 is 2.40 bits per heavy atom. The number of carbonyl (C=O) groups is 5. The van der Waals surface area contributed by atoms with Gasteiger partial charge in [-0.2, -0.15) is 0 Å². The van der Waals surface area contributed by atoms with E-state index >= 15 is 0 Å². The van der Waals surface area contributed by atoms with Crippen molar-refractivity contribution in [3.8, 4) is 0 Å². The predicted molar refractivity (Wildman–Crippen MR) is 240 cm³/mol. The molecule has 3 aromatic rings. The molecule has 0 saturated carbocycles. The number of anilines is 1. The summed E-state index contributed by atoms with van der Waals surface area (Å²) < 4.78 is 0. The molecule has 3 fully saturated rings. The summed E-state index contributed by atoms with van der Waals surface area (Å²) in [6.45, 7) is 7.45. The van der Waals surface area contributed by atoms with Gasteiger partial charge in [0.2, 0.25) is 17.7 Å². The van der Waals surface area contributed by atoms with Crippen molar-refractivity contribution in [1.29, 1.82) is 0 Å². The van der Waals surface area contributed by atoms with Crippen molar-refractivity contribution >= 4 is 53.2 Å². The van der Waals surface area contributed by atoms with Gasteiger partial charge in [0.05, 0.1) is 0 Å². The number of carbonyl (C=O) groups excluding carboxylic acids is 5. The van der Waals surface area contributed by atoms with Crippen LogP contribution in [0.4, 0.5) is 5.82 Å². The fraction of sp³-hybridized carbons (Fsp3) is 0.532. The number of piperazine rings is 1. The van der Waals surface area contributed by atoms with E-state index < -0.39 is 6.04 Å². The molecule has 3 saturated heterocycles. The summed E-state index contributed by atoms with van der Waals surface area (Å²) in [6, 6.07) is 12.8. The van der Waals surface area contributed by atoms with Gasteiger partial charge in [0.15, 0.2) is 11.5 Å². The summed E-state index contributed by atoms with van der Waals surface area (Å²) in [4.78, 5) is 76.0. The number of aromatic nitrogens is 3. The summed E-state index contributed by atoms with van der Waals surface area (Å²) in [5.41, 5.74) is 2.99. The molecule has 6 heterocycles. The average molecular weight is 864 g/mol. The van der Waals surface area contributed by atoms with Gasteiger partial charge in [-0.3, -0.25) is 39.2 Å². The molecule has 15 heteroatoms. The van der Waals surface area contributed by atoms with E-state index in [2.05, 4.69) is 41.7 Å². The van der Waals surface area contributed by atoms with Crippen molar-refractivity contribution in [2.24, 2.45) is 5.92 Å². The van der Waals surface area contributed by atoms with Crippen LogP contribution in [0.25, 0.3) is 6.08 Å². The molecule has 7 rings (SSSR count). The number of hydrogen-bond donors (Lipinski definition) is 2. The average Bonchev–Trinajstić information content (AvgIpc) is 3.64. The zero-order valence-electron chi connectivity index (χ0n) is 35.8. The molecule has 330 valence electrons. The molecular weight excluding hydrogens is 803 g/mol. The van der Waals surface area contributed by atoms with Crippen molar-refractivity contribution < 1.29 is 24.0 Å². The third-order valence-electron chi connectivity index (χ3n) is 12.6. The lowest BCUT2D eigenvalue weighted by Gasteiger charge is -2.35. The van der Waals surface area contributed by atoms with Gasteiger partial charge < -0.3 is 20.0 Å². The standard InChI is InChI=1S/C47H61N9O5S/c57-43(19-15-36-12-10-23-48-33-36)49-24-6-5-11-35-21-26-55(27-22-35)47(61)39-16-18-42(52-51-39)54-30-28-53(29-31-54)25-7-3-1-2-4-8-32-62-41-14-9-13-37-38(41)34-56(46(37)60)40-17-20-44(58)50-45(40)59/h9-10,12-16,18-19,23,33,35,40H,1-8,11,17,20-22,24-32,34H2,(H,49,57)(H,50,58,59)/b19-15+. The maximum absolute atomic E-state index is 13.2. The SMILES string of the molecule is O=C(/C=C/c1cccnc1)NCCCCC1CCN(C(=O)c2ccc(N3CCN(CCCCCCCCSc4cccc5c4CN(C4CCC(=O)NC4=O)C5=O)CC3)nn2)CC1. The number of likely N-dealkylation sites (tertiary alicyclic amines) is 1. The second kappa shape index (κ2) is 22.8. The lowest BCUT2D eigenvalue weighted by molar-refractivity contribution is -0.137. The number of nitrogens with zero attached hydrogens (tertiary/aromatic N) is 7. The van der Waals surface area contributed by atoms with Gasteiger partial charge in [0, 0.05) is 87.7 Å². The molecule has 0 aliphatic carbocycles. The number of unbranched alkanes of at least 4 members (excludes halogenated alkanes) is 6. The molecule has 1 atom stereocenters. The van der Waals surface area contributed by atoms with Crippen molar-refractivity contribution in [3.63, 3.8) is 0 Å². The van der Waals surface area contributed by atoms with Crippen molar-refractivity contribution in [3.05, 3.63) is 83.3 Å². The summed E-state index contributed by atoms with van der Waals surface area (Å²) in [5, 5.41) is 14.2. The lowest BCUT2D eigenvalue weighted by Crippen LogP contribution is -2.52. The van der Waals surface area contributed by atoms with E-state index in [4.69, 9.17) is 0 Å².